The van der Waals surface area contributed by atoms with Crippen LogP contribution < -0.4 is 0 Å². The molecule has 4 nitrogen and oxygen atoms in total. The third-order valence-corrected chi connectivity index (χ3v) is 8.17. The van der Waals surface area contributed by atoms with Crippen LogP contribution in [0.5, 0.6) is 0 Å². The molecule has 2 fully saturated rings. The summed E-state index contributed by atoms with van der Waals surface area (Å²) in [7, 11) is -6.27. The van der Waals surface area contributed by atoms with E-state index >= 15 is 0 Å². The average Bonchev–Trinajstić information content (AvgIpc) is 2.14. The summed E-state index contributed by atoms with van der Waals surface area (Å²) in [4.78, 5) is 0. The van der Waals surface area contributed by atoms with Crippen molar-refractivity contribution >= 4 is 19.7 Å². The van der Waals surface area contributed by atoms with E-state index < -0.39 is 30.2 Å². The number of rotatable bonds is 0. The molecule has 0 bridgehead atoms. The maximum absolute atomic E-state index is 11.6. The number of sulfone groups is 2. The Balaban J connectivity index is 2.42. The van der Waals surface area contributed by atoms with Gasteiger partial charge in [-0.1, -0.05) is 12.8 Å². The molecule has 0 N–H and O–H groups in total. The van der Waals surface area contributed by atoms with E-state index in [4.69, 9.17) is 0 Å². The minimum atomic E-state index is -3.13. The van der Waals surface area contributed by atoms with Gasteiger partial charge in [0.15, 0.2) is 19.7 Å². The van der Waals surface area contributed by atoms with E-state index in [9.17, 15) is 16.8 Å². The van der Waals surface area contributed by atoms with Gasteiger partial charge >= 0.3 is 0 Å². The van der Waals surface area contributed by atoms with E-state index in [0.717, 1.165) is 12.8 Å². The van der Waals surface area contributed by atoms with Gasteiger partial charge in [-0.15, -0.1) is 0 Å². The topological polar surface area (TPSA) is 68.3 Å². The van der Waals surface area contributed by atoms with Gasteiger partial charge in [-0.25, -0.2) is 16.8 Å². The second kappa shape index (κ2) is 3.20. The molecule has 1 saturated carbocycles. The van der Waals surface area contributed by atoms with Crippen LogP contribution in [0.3, 0.4) is 0 Å². The fourth-order valence-corrected chi connectivity index (χ4v) is 8.15. The molecule has 0 aromatic carbocycles. The van der Waals surface area contributed by atoms with Crippen molar-refractivity contribution < 1.29 is 16.8 Å². The first-order valence-electron chi connectivity index (χ1n) is 4.87. The van der Waals surface area contributed by atoms with Gasteiger partial charge in [0.05, 0.1) is 22.0 Å². The Bertz CT molecular complexity index is 378. The first kappa shape index (κ1) is 10.4. The summed E-state index contributed by atoms with van der Waals surface area (Å²) >= 11 is 0. The van der Waals surface area contributed by atoms with E-state index in [0.29, 0.717) is 12.8 Å². The van der Waals surface area contributed by atoms with Crippen molar-refractivity contribution in [1.29, 1.82) is 0 Å². The smallest absolute Gasteiger partial charge is 0.155 e. The van der Waals surface area contributed by atoms with Crippen molar-refractivity contribution in [3.8, 4) is 0 Å². The zero-order valence-corrected chi connectivity index (χ0v) is 9.48. The van der Waals surface area contributed by atoms with Gasteiger partial charge in [-0.2, -0.15) is 0 Å². The summed E-state index contributed by atoms with van der Waals surface area (Å²) in [5, 5.41) is -1.20. The van der Waals surface area contributed by atoms with Crippen LogP contribution in [-0.4, -0.2) is 38.8 Å². The van der Waals surface area contributed by atoms with Gasteiger partial charge in [0.25, 0.3) is 0 Å². The molecule has 82 valence electrons. The summed E-state index contributed by atoms with van der Waals surface area (Å²) in [6.07, 6.45) is 2.75. The van der Waals surface area contributed by atoms with Crippen LogP contribution in [0.1, 0.15) is 25.7 Å². The number of fused-ring (bicyclic) bond motifs is 1. The molecule has 1 heterocycles. The van der Waals surface area contributed by atoms with Crippen LogP contribution in [-0.2, 0) is 19.7 Å². The van der Waals surface area contributed by atoms with Crippen molar-refractivity contribution in [3.63, 3.8) is 0 Å². The van der Waals surface area contributed by atoms with Crippen molar-refractivity contribution in [2.45, 2.75) is 36.2 Å². The predicted octanol–water partition coefficient (Wildman–Crippen LogP) is 0.141. The highest BCUT2D eigenvalue weighted by Gasteiger charge is 2.46. The Morgan fingerprint density at radius 2 is 1.07 bits per heavy atom. The highest BCUT2D eigenvalue weighted by Crippen LogP contribution is 2.33. The largest absolute Gasteiger partial charge is 0.228 e. The molecule has 14 heavy (non-hydrogen) atoms. The van der Waals surface area contributed by atoms with Gasteiger partial charge in [0.1, 0.15) is 0 Å². The normalized spacial score (nSPS) is 40.0. The van der Waals surface area contributed by atoms with Gasteiger partial charge in [0.2, 0.25) is 0 Å². The fourth-order valence-electron chi connectivity index (χ4n) is 2.42. The van der Waals surface area contributed by atoms with E-state index in [2.05, 4.69) is 0 Å². The number of hydrogen-bond acceptors (Lipinski definition) is 4. The summed E-state index contributed by atoms with van der Waals surface area (Å²) in [5.41, 5.74) is 0. The second-order valence-electron chi connectivity index (χ2n) is 4.10. The molecule has 1 saturated heterocycles. The molecule has 1 aliphatic heterocycles. The van der Waals surface area contributed by atoms with Gasteiger partial charge in [-0.3, -0.25) is 0 Å². The molecule has 2 unspecified atom stereocenters. The zero-order valence-electron chi connectivity index (χ0n) is 7.85. The number of hydrogen-bond donors (Lipinski definition) is 0. The van der Waals surface area contributed by atoms with Crippen molar-refractivity contribution in [1.82, 2.24) is 0 Å². The molecular weight excluding hydrogens is 224 g/mol. The Labute approximate surface area is 84.5 Å². The van der Waals surface area contributed by atoms with Gasteiger partial charge < -0.3 is 0 Å². The SMILES string of the molecule is O=S1(=O)CCS(=O)(=O)C2CCCCC21. The monoisotopic (exact) mass is 238 g/mol. The van der Waals surface area contributed by atoms with E-state index in [-0.39, 0.29) is 11.5 Å². The lowest BCUT2D eigenvalue weighted by molar-refractivity contribution is 0.464. The van der Waals surface area contributed by atoms with Crippen LogP contribution in [0, 0.1) is 0 Å². The van der Waals surface area contributed by atoms with Crippen LogP contribution in [0.2, 0.25) is 0 Å². The fraction of sp³-hybridized carbons (Fsp3) is 1.00. The lowest BCUT2D eigenvalue weighted by atomic mass is 10.00. The molecule has 2 aliphatic rings. The maximum atomic E-state index is 11.6. The molecule has 0 amide bonds. The molecule has 2 rings (SSSR count). The lowest BCUT2D eigenvalue weighted by Crippen LogP contribution is -2.49. The first-order valence-corrected chi connectivity index (χ1v) is 8.30. The van der Waals surface area contributed by atoms with Crippen LogP contribution in [0.4, 0.5) is 0 Å². The molecule has 0 spiro atoms. The minimum Gasteiger partial charge on any atom is -0.228 e. The molecule has 0 aromatic heterocycles. The van der Waals surface area contributed by atoms with E-state index in [1.807, 2.05) is 0 Å². The van der Waals surface area contributed by atoms with Crippen molar-refractivity contribution in [2.24, 2.45) is 0 Å². The van der Waals surface area contributed by atoms with Crippen molar-refractivity contribution in [2.75, 3.05) is 11.5 Å². The Morgan fingerprint density at radius 3 is 1.43 bits per heavy atom. The average molecular weight is 238 g/mol. The second-order valence-corrected chi connectivity index (χ2v) is 8.77. The Kier molecular flexibility index (Phi) is 2.38. The van der Waals surface area contributed by atoms with Crippen LogP contribution >= 0.6 is 0 Å². The third-order valence-electron chi connectivity index (χ3n) is 3.22. The van der Waals surface area contributed by atoms with Crippen LogP contribution in [0.25, 0.3) is 0 Å². The van der Waals surface area contributed by atoms with E-state index in [1.54, 1.807) is 0 Å². The zero-order chi connectivity index (χ0) is 10.4. The summed E-state index contributed by atoms with van der Waals surface area (Å²) < 4.78 is 46.6. The maximum Gasteiger partial charge on any atom is 0.155 e. The summed E-state index contributed by atoms with van der Waals surface area (Å²) in [5.74, 6) is -0.340. The molecule has 1 aliphatic carbocycles. The first-order chi connectivity index (χ1) is 6.43. The molecule has 6 heteroatoms. The molecule has 2 atom stereocenters. The Hall–Kier alpha value is -0.100. The van der Waals surface area contributed by atoms with Gasteiger partial charge in [-0.05, 0) is 12.8 Å². The minimum absolute atomic E-state index is 0.170. The van der Waals surface area contributed by atoms with Crippen molar-refractivity contribution in [3.05, 3.63) is 0 Å². The third kappa shape index (κ3) is 1.58. The quantitative estimate of drug-likeness (QED) is 0.602. The van der Waals surface area contributed by atoms with Crippen LogP contribution in [0.15, 0.2) is 0 Å². The molecule has 0 aromatic rings. The van der Waals surface area contributed by atoms with Gasteiger partial charge in [0, 0.05) is 0 Å². The lowest BCUT2D eigenvalue weighted by Gasteiger charge is -2.34. The summed E-state index contributed by atoms with van der Waals surface area (Å²) in [6.45, 7) is 0. The predicted molar refractivity (Wildman–Crippen MR) is 53.6 cm³/mol. The molecular formula is C8H14O4S2. The Morgan fingerprint density at radius 1 is 0.714 bits per heavy atom. The standard InChI is InChI=1S/C8H14O4S2/c9-13(10)5-6-14(11,12)8-4-2-1-3-7(8)13/h7-8H,1-6H2. The summed E-state index contributed by atoms with van der Waals surface area (Å²) in [6, 6.07) is 0. The highest BCUT2D eigenvalue weighted by atomic mass is 32.2. The van der Waals surface area contributed by atoms with E-state index in [1.165, 1.54) is 0 Å². The molecule has 0 radical (unpaired) electrons. The highest BCUT2D eigenvalue weighted by molar-refractivity contribution is 7.99.